The lowest BCUT2D eigenvalue weighted by Crippen LogP contribution is -2.32. The number of phenols is 2. The van der Waals surface area contributed by atoms with Crippen molar-refractivity contribution in [1.82, 2.24) is 9.97 Å². The topological polar surface area (TPSA) is 156 Å². The number of aromatic nitrogens is 2. The summed E-state index contributed by atoms with van der Waals surface area (Å²) in [4.78, 5) is 24.2. The van der Waals surface area contributed by atoms with E-state index in [9.17, 15) is 15.0 Å². The van der Waals surface area contributed by atoms with E-state index in [-0.39, 0.29) is 22.9 Å². The standard InChI is InChI=1S/C38H28N6O5/c39-31-17-23(11-14-33(31)44(21-24-7-3-5-15-40-24)22-25-8-4-6-16-41-25)42-43-32-19-30-36(20-34(32)46)48-35-18-26(45)12-13-29(35)38(30)28-10-2-1-9-27(28)37(47)49-38/h1-20,45-46H,21-22,39H2/b43-42+. The Morgan fingerprint density at radius 3 is 2.16 bits per heavy atom. The first-order chi connectivity index (χ1) is 23.9. The fourth-order valence-electron chi connectivity index (χ4n) is 6.37. The summed E-state index contributed by atoms with van der Waals surface area (Å²) in [6.45, 7) is 1.01. The molecule has 0 fully saturated rings. The van der Waals surface area contributed by atoms with E-state index in [1.165, 1.54) is 18.2 Å². The largest absolute Gasteiger partial charge is 0.508 e. The molecule has 1 spiro atoms. The van der Waals surface area contributed by atoms with Crippen molar-refractivity contribution in [2.45, 2.75) is 18.7 Å². The molecule has 0 saturated heterocycles. The Labute approximate surface area is 280 Å². The number of carbonyl (C=O) groups is 1. The van der Waals surface area contributed by atoms with Crippen molar-refractivity contribution in [3.05, 3.63) is 155 Å². The van der Waals surface area contributed by atoms with E-state index in [0.717, 1.165) is 17.1 Å². The first-order valence-electron chi connectivity index (χ1n) is 15.5. The number of phenolic OH excluding ortho intramolecular Hbond substituents is 2. The number of nitrogen functional groups attached to an aromatic ring is 1. The Kier molecular flexibility index (Phi) is 7.14. The number of nitrogens with zero attached hydrogens (tertiary/aromatic N) is 5. The minimum Gasteiger partial charge on any atom is -0.508 e. The van der Waals surface area contributed by atoms with Gasteiger partial charge in [-0.15, -0.1) is 5.11 Å². The Balaban J connectivity index is 1.15. The lowest BCUT2D eigenvalue weighted by atomic mass is 9.77. The van der Waals surface area contributed by atoms with E-state index in [4.69, 9.17) is 15.2 Å². The van der Waals surface area contributed by atoms with E-state index < -0.39 is 11.6 Å². The summed E-state index contributed by atoms with van der Waals surface area (Å²) in [5, 5.41) is 30.0. The third kappa shape index (κ3) is 5.23. The van der Waals surface area contributed by atoms with Crippen molar-refractivity contribution in [3.8, 4) is 23.0 Å². The smallest absolute Gasteiger partial charge is 0.340 e. The van der Waals surface area contributed by atoms with Gasteiger partial charge in [-0.1, -0.05) is 30.3 Å². The highest BCUT2D eigenvalue weighted by molar-refractivity contribution is 5.97. The number of nitrogens with two attached hydrogens (primary N) is 1. The van der Waals surface area contributed by atoms with Crippen LogP contribution in [0.25, 0.3) is 0 Å². The monoisotopic (exact) mass is 648 g/mol. The predicted octanol–water partition coefficient (Wildman–Crippen LogP) is 7.66. The number of hydrogen-bond donors (Lipinski definition) is 3. The maximum Gasteiger partial charge on any atom is 0.340 e. The molecule has 2 aromatic heterocycles. The zero-order chi connectivity index (χ0) is 33.5. The van der Waals surface area contributed by atoms with E-state index in [1.54, 1.807) is 48.8 Å². The molecule has 0 amide bonds. The Morgan fingerprint density at radius 1 is 0.735 bits per heavy atom. The van der Waals surface area contributed by atoms with E-state index >= 15 is 0 Å². The molecule has 4 N–H and O–H groups in total. The number of azo groups is 1. The summed E-state index contributed by atoms with van der Waals surface area (Å²) in [7, 11) is 0. The fourth-order valence-corrected chi connectivity index (χ4v) is 6.37. The van der Waals surface area contributed by atoms with Crippen LogP contribution in [0.3, 0.4) is 0 Å². The molecule has 11 heteroatoms. The Hall–Kier alpha value is -6.75. The third-order valence-electron chi connectivity index (χ3n) is 8.58. The number of hydrogen-bond acceptors (Lipinski definition) is 11. The van der Waals surface area contributed by atoms with Gasteiger partial charge in [0.05, 0.1) is 52.7 Å². The highest BCUT2D eigenvalue weighted by Gasteiger charge is 2.53. The number of benzene rings is 4. The summed E-state index contributed by atoms with van der Waals surface area (Å²) in [5.74, 6) is -0.198. The zero-order valence-corrected chi connectivity index (χ0v) is 25.9. The highest BCUT2D eigenvalue weighted by atomic mass is 16.6. The molecular weight excluding hydrogens is 620 g/mol. The highest BCUT2D eigenvalue weighted by Crippen LogP contribution is 2.58. The van der Waals surface area contributed by atoms with Gasteiger partial charge in [-0.2, -0.15) is 5.11 Å². The van der Waals surface area contributed by atoms with Crippen molar-refractivity contribution in [2.24, 2.45) is 10.2 Å². The van der Waals surface area contributed by atoms with Crippen LogP contribution in [0.5, 0.6) is 23.0 Å². The van der Waals surface area contributed by atoms with Crippen molar-refractivity contribution >= 4 is 28.7 Å². The maximum atomic E-state index is 13.2. The molecular formula is C38H28N6O5. The molecule has 0 bridgehead atoms. The molecule has 4 heterocycles. The predicted molar refractivity (Wildman–Crippen MR) is 181 cm³/mol. The van der Waals surface area contributed by atoms with Crippen molar-refractivity contribution in [1.29, 1.82) is 0 Å². The zero-order valence-electron chi connectivity index (χ0n) is 25.9. The SMILES string of the molecule is Nc1cc(/N=N/c2cc3c(cc2O)Oc2cc(O)ccc2C32OC(=O)c3ccccc32)ccc1N(Cc1ccccn1)Cc1ccccn1. The van der Waals surface area contributed by atoms with Crippen LogP contribution in [0.4, 0.5) is 22.7 Å². The van der Waals surface area contributed by atoms with Crippen LogP contribution in [0.2, 0.25) is 0 Å². The van der Waals surface area contributed by atoms with Gasteiger partial charge in [-0.25, -0.2) is 4.79 Å². The summed E-state index contributed by atoms with van der Waals surface area (Å²) >= 11 is 0. The molecule has 0 radical (unpaired) electrons. The molecule has 2 aliphatic rings. The number of fused-ring (bicyclic) bond motifs is 6. The van der Waals surface area contributed by atoms with Crippen LogP contribution < -0.4 is 15.4 Å². The number of anilines is 2. The molecule has 0 saturated carbocycles. The lowest BCUT2D eigenvalue weighted by molar-refractivity contribution is 0.0224. The molecule has 1 atom stereocenters. The average molecular weight is 649 g/mol. The van der Waals surface area contributed by atoms with Crippen molar-refractivity contribution in [3.63, 3.8) is 0 Å². The summed E-state index contributed by atoms with van der Waals surface area (Å²) < 4.78 is 12.3. The van der Waals surface area contributed by atoms with Gasteiger partial charge in [-0.05, 0) is 66.7 Å². The van der Waals surface area contributed by atoms with Gasteiger partial charge in [0.1, 0.15) is 28.7 Å². The minimum absolute atomic E-state index is 0.0218. The van der Waals surface area contributed by atoms with Gasteiger partial charge in [0.15, 0.2) is 5.60 Å². The van der Waals surface area contributed by atoms with Gasteiger partial charge in [-0.3, -0.25) is 9.97 Å². The molecule has 8 rings (SSSR count). The number of esters is 1. The molecule has 2 aliphatic heterocycles. The minimum atomic E-state index is -1.40. The Bertz CT molecular complexity index is 2220. The van der Waals surface area contributed by atoms with Gasteiger partial charge in [0.25, 0.3) is 0 Å². The summed E-state index contributed by atoms with van der Waals surface area (Å²) in [6.07, 6.45) is 3.51. The van der Waals surface area contributed by atoms with Crippen LogP contribution in [0.15, 0.2) is 132 Å². The molecule has 4 aromatic carbocycles. The normalized spacial score (nSPS) is 15.7. The van der Waals surface area contributed by atoms with E-state index in [2.05, 4.69) is 25.1 Å². The molecule has 1 unspecified atom stereocenters. The van der Waals surface area contributed by atoms with Gasteiger partial charge < -0.3 is 30.3 Å². The number of pyridine rings is 2. The molecule has 49 heavy (non-hydrogen) atoms. The Morgan fingerprint density at radius 2 is 1.45 bits per heavy atom. The average Bonchev–Trinajstić information content (AvgIpc) is 3.40. The number of rotatable bonds is 7. The van der Waals surface area contributed by atoms with Gasteiger partial charge >= 0.3 is 5.97 Å². The lowest BCUT2D eigenvalue weighted by Gasteiger charge is -2.36. The molecule has 0 aliphatic carbocycles. The first kappa shape index (κ1) is 29.6. The second-order valence-corrected chi connectivity index (χ2v) is 11.7. The van der Waals surface area contributed by atoms with Gasteiger partial charge in [0.2, 0.25) is 0 Å². The summed E-state index contributed by atoms with van der Waals surface area (Å²) in [5.41, 5.74) is 10.8. The number of ether oxygens (including phenoxy) is 2. The third-order valence-corrected chi connectivity index (χ3v) is 8.58. The molecule has 11 nitrogen and oxygen atoms in total. The van der Waals surface area contributed by atoms with Crippen LogP contribution in [-0.4, -0.2) is 26.2 Å². The second kappa shape index (κ2) is 11.8. The summed E-state index contributed by atoms with van der Waals surface area (Å²) in [6, 6.07) is 31.6. The van der Waals surface area contributed by atoms with Crippen molar-refractivity contribution < 1.29 is 24.5 Å². The molecule has 6 aromatic rings. The van der Waals surface area contributed by atoms with Gasteiger partial charge in [0, 0.05) is 35.7 Å². The number of aromatic hydroxyl groups is 2. The van der Waals surface area contributed by atoms with Crippen LogP contribution in [0, 0.1) is 0 Å². The number of carbonyl (C=O) groups excluding carboxylic acids is 1. The first-order valence-corrected chi connectivity index (χ1v) is 15.5. The van der Waals surface area contributed by atoms with Crippen molar-refractivity contribution in [2.75, 3.05) is 10.6 Å². The maximum absolute atomic E-state index is 13.2. The van der Waals surface area contributed by atoms with Crippen LogP contribution in [-0.2, 0) is 23.4 Å². The quantitative estimate of drug-likeness (QED) is 0.0898. The molecule has 240 valence electrons. The van der Waals surface area contributed by atoms with Crippen LogP contribution >= 0.6 is 0 Å². The fraction of sp³-hybridized carbons (Fsp3) is 0.0789. The van der Waals surface area contributed by atoms with E-state index in [1.807, 2.05) is 54.6 Å². The van der Waals surface area contributed by atoms with E-state index in [0.29, 0.717) is 52.5 Å². The second-order valence-electron chi connectivity index (χ2n) is 11.7. The van der Waals surface area contributed by atoms with Crippen LogP contribution in [0.1, 0.15) is 38.4 Å².